The van der Waals surface area contributed by atoms with Crippen LogP contribution in [0.1, 0.15) is 21.8 Å². The van der Waals surface area contributed by atoms with E-state index in [0.29, 0.717) is 0 Å². The maximum absolute atomic E-state index is 12.4. The summed E-state index contributed by atoms with van der Waals surface area (Å²) < 4.78 is 5.14. The van der Waals surface area contributed by atoms with E-state index in [1.54, 1.807) is 0 Å². The molecule has 3 heteroatoms. The van der Waals surface area contributed by atoms with Crippen molar-refractivity contribution in [1.29, 1.82) is 0 Å². The van der Waals surface area contributed by atoms with Gasteiger partial charge in [-0.05, 0) is 35.1 Å². The molecule has 3 nitrogen and oxygen atoms in total. The molecule has 3 aromatic rings. The van der Waals surface area contributed by atoms with E-state index in [-0.39, 0.29) is 17.6 Å². The molecule has 1 aromatic heterocycles. The second-order valence-corrected chi connectivity index (χ2v) is 5.66. The predicted octanol–water partition coefficient (Wildman–Crippen LogP) is 3.94. The summed E-state index contributed by atoms with van der Waals surface area (Å²) in [6.45, 7) is 0. The highest BCUT2D eigenvalue weighted by atomic mass is 16.3. The maximum atomic E-state index is 12.4. The van der Waals surface area contributed by atoms with Crippen LogP contribution in [0.5, 0.6) is 0 Å². The van der Waals surface area contributed by atoms with Gasteiger partial charge < -0.3 is 4.42 Å². The summed E-state index contributed by atoms with van der Waals surface area (Å²) >= 11 is 0. The number of benzene rings is 2. The van der Waals surface area contributed by atoms with Gasteiger partial charge in [0.2, 0.25) is 5.78 Å². The lowest BCUT2D eigenvalue weighted by Gasteiger charge is -2.04. The van der Waals surface area contributed by atoms with Crippen molar-refractivity contribution in [2.24, 2.45) is 5.92 Å². The van der Waals surface area contributed by atoms with Gasteiger partial charge in [-0.3, -0.25) is 4.79 Å². The second-order valence-electron chi connectivity index (χ2n) is 5.66. The SMILES string of the molecule is O=C(c1ncco1)[C@@H]1Cc2ccc(-c3ccccc3)cc2C1. The molecule has 22 heavy (non-hydrogen) atoms. The zero-order valence-electron chi connectivity index (χ0n) is 12.0. The Bertz CT molecular complexity index is 807. The van der Waals surface area contributed by atoms with Gasteiger partial charge in [-0.1, -0.05) is 48.5 Å². The molecule has 0 saturated heterocycles. The molecule has 0 saturated carbocycles. The fourth-order valence-corrected chi connectivity index (χ4v) is 3.13. The number of aromatic nitrogens is 1. The van der Waals surface area contributed by atoms with E-state index in [1.807, 2.05) is 18.2 Å². The number of oxazole rings is 1. The van der Waals surface area contributed by atoms with Crippen LogP contribution in [0.3, 0.4) is 0 Å². The molecule has 4 rings (SSSR count). The Kier molecular flexibility index (Phi) is 3.11. The van der Waals surface area contributed by atoms with Gasteiger partial charge in [0.25, 0.3) is 5.89 Å². The zero-order chi connectivity index (χ0) is 14.9. The molecule has 1 heterocycles. The van der Waals surface area contributed by atoms with Crippen molar-refractivity contribution < 1.29 is 9.21 Å². The molecule has 0 amide bonds. The number of nitrogens with zero attached hydrogens (tertiary/aromatic N) is 1. The molecule has 0 N–H and O–H groups in total. The van der Waals surface area contributed by atoms with Crippen molar-refractivity contribution in [3.05, 3.63) is 78.0 Å². The lowest BCUT2D eigenvalue weighted by Crippen LogP contribution is -2.15. The minimum atomic E-state index is -0.0559. The van der Waals surface area contributed by atoms with Crippen LogP contribution in [0, 0.1) is 5.92 Å². The Balaban J connectivity index is 1.61. The number of ketones is 1. The first-order chi connectivity index (χ1) is 10.8. The third kappa shape index (κ3) is 2.25. The van der Waals surface area contributed by atoms with Crippen LogP contribution in [-0.4, -0.2) is 10.8 Å². The molecular weight excluding hydrogens is 274 g/mol. The van der Waals surface area contributed by atoms with Gasteiger partial charge in [0.05, 0.1) is 6.20 Å². The van der Waals surface area contributed by atoms with E-state index in [9.17, 15) is 4.79 Å². The van der Waals surface area contributed by atoms with E-state index in [0.717, 1.165) is 12.8 Å². The molecule has 0 fully saturated rings. The third-order valence-corrected chi connectivity index (χ3v) is 4.26. The Labute approximate surface area is 128 Å². The van der Waals surface area contributed by atoms with Gasteiger partial charge in [-0.25, -0.2) is 4.98 Å². The third-order valence-electron chi connectivity index (χ3n) is 4.26. The highest BCUT2D eigenvalue weighted by Gasteiger charge is 2.30. The Morgan fingerprint density at radius 2 is 1.82 bits per heavy atom. The first-order valence-electron chi connectivity index (χ1n) is 7.42. The summed E-state index contributed by atoms with van der Waals surface area (Å²) in [5.74, 6) is 0.170. The molecule has 1 aliphatic carbocycles. The van der Waals surface area contributed by atoms with Crippen LogP contribution in [0.15, 0.2) is 65.4 Å². The number of fused-ring (bicyclic) bond motifs is 1. The molecule has 1 atom stereocenters. The summed E-state index contributed by atoms with van der Waals surface area (Å²) in [5, 5.41) is 0. The van der Waals surface area contributed by atoms with Crippen LogP contribution in [0.25, 0.3) is 11.1 Å². The van der Waals surface area contributed by atoms with E-state index < -0.39 is 0 Å². The van der Waals surface area contributed by atoms with Crippen molar-refractivity contribution in [1.82, 2.24) is 4.98 Å². The number of hydrogen-bond donors (Lipinski definition) is 0. The molecule has 1 aliphatic rings. The number of rotatable bonds is 3. The molecule has 2 aromatic carbocycles. The van der Waals surface area contributed by atoms with Crippen molar-refractivity contribution in [3.63, 3.8) is 0 Å². The average molecular weight is 289 g/mol. The Hall–Kier alpha value is -2.68. The molecule has 0 bridgehead atoms. The molecule has 0 spiro atoms. The normalized spacial score (nSPS) is 16.5. The van der Waals surface area contributed by atoms with Crippen LogP contribution in [0.2, 0.25) is 0 Å². The van der Waals surface area contributed by atoms with Crippen molar-refractivity contribution >= 4 is 5.78 Å². The summed E-state index contributed by atoms with van der Waals surface area (Å²) in [5.41, 5.74) is 4.91. The number of carbonyl (C=O) groups excluding carboxylic acids is 1. The standard InChI is InChI=1S/C19H15NO2/c21-18(19-20-8-9-22-19)17-11-15-7-6-14(10-16(15)12-17)13-4-2-1-3-5-13/h1-10,17H,11-12H2/t17-/m1/s1. The van der Waals surface area contributed by atoms with Gasteiger partial charge in [-0.15, -0.1) is 0 Å². The highest BCUT2D eigenvalue weighted by Crippen LogP contribution is 2.32. The van der Waals surface area contributed by atoms with E-state index in [1.165, 1.54) is 34.7 Å². The quantitative estimate of drug-likeness (QED) is 0.686. The van der Waals surface area contributed by atoms with Crippen LogP contribution in [-0.2, 0) is 12.8 Å². The predicted molar refractivity (Wildman–Crippen MR) is 83.6 cm³/mol. The minimum Gasteiger partial charge on any atom is -0.442 e. The summed E-state index contributed by atoms with van der Waals surface area (Å²) in [6, 6.07) is 16.8. The maximum Gasteiger partial charge on any atom is 0.263 e. The van der Waals surface area contributed by atoms with Gasteiger partial charge >= 0.3 is 0 Å². The van der Waals surface area contributed by atoms with Crippen molar-refractivity contribution in [3.8, 4) is 11.1 Å². The molecule has 0 radical (unpaired) electrons. The Morgan fingerprint density at radius 1 is 1.00 bits per heavy atom. The average Bonchev–Trinajstić information content (AvgIpc) is 3.23. The monoisotopic (exact) mass is 289 g/mol. The lowest BCUT2D eigenvalue weighted by atomic mass is 10.00. The lowest BCUT2D eigenvalue weighted by molar-refractivity contribution is 0.0889. The highest BCUT2D eigenvalue weighted by molar-refractivity contribution is 5.94. The summed E-state index contributed by atoms with van der Waals surface area (Å²) in [7, 11) is 0. The van der Waals surface area contributed by atoms with E-state index in [4.69, 9.17) is 4.42 Å². The van der Waals surface area contributed by atoms with Crippen molar-refractivity contribution in [2.75, 3.05) is 0 Å². The summed E-state index contributed by atoms with van der Waals surface area (Å²) in [4.78, 5) is 16.3. The minimum absolute atomic E-state index is 0.00228. The van der Waals surface area contributed by atoms with Gasteiger partial charge in [0.15, 0.2) is 0 Å². The van der Waals surface area contributed by atoms with Crippen LogP contribution < -0.4 is 0 Å². The number of Topliss-reactive ketones (excluding diaryl/α,β-unsaturated/α-hetero) is 1. The van der Waals surface area contributed by atoms with E-state index in [2.05, 4.69) is 35.3 Å². The van der Waals surface area contributed by atoms with Crippen molar-refractivity contribution in [2.45, 2.75) is 12.8 Å². The van der Waals surface area contributed by atoms with Gasteiger partial charge in [0, 0.05) is 5.92 Å². The van der Waals surface area contributed by atoms with Crippen LogP contribution in [0.4, 0.5) is 0 Å². The first kappa shape index (κ1) is 13.0. The zero-order valence-corrected chi connectivity index (χ0v) is 12.0. The molecule has 108 valence electrons. The fourth-order valence-electron chi connectivity index (χ4n) is 3.13. The van der Waals surface area contributed by atoms with E-state index >= 15 is 0 Å². The largest absolute Gasteiger partial charge is 0.442 e. The number of hydrogen-bond acceptors (Lipinski definition) is 3. The fraction of sp³-hybridized carbons (Fsp3) is 0.158. The molecular formula is C19H15NO2. The number of carbonyl (C=O) groups is 1. The molecule has 0 aliphatic heterocycles. The van der Waals surface area contributed by atoms with Crippen LogP contribution >= 0.6 is 0 Å². The Morgan fingerprint density at radius 3 is 2.59 bits per heavy atom. The second kappa shape index (κ2) is 5.26. The molecule has 0 unspecified atom stereocenters. The first-order valence-corrected chi connectivity index (χ1v) is 7.42. The smallest absolute Gasteiger partial charge is 0.263 e. The topological polar surface area (TPSA) is 43.1 Å². The van der Waals surface area contributed by atoms with Gasteiger partial charge in [-0.2, -0.15) is 0 Å². The van der Waals surface area contributed by atoms with Gasteiger partial charge in [0.1, 0.15) is 6.26 Å². The summed E-state index contributed by atoms with van der Waals surface area (Å²) in [6.07, 6.45) is 4.49.